The smallest absolute Gasteiger partial charge is 0.293 e. The van der Waals surface area contributed by atoms with Crippen molar-refractivity contribution in [1.29, 1.82) is 0 Å². The second kappa shape index (κ2) is 7.39. The molecular weight excluding hydrogens is 440 g/mol. The maximum atomic E-state index is 13.2. The molecule has 0 atom stereocenters. The molecule has 9 nitrogen and oxygen atoms in total. The zero-order chi connectivity index (χ0) is 23.5. The van der Waals surface area contributed by atoms with Crippen LogP contribution in [0.1, 0.15) is 5.69 Å². The summed E-state index contributed by atoms with van der Waals surface area (Å²) in [7, 11) is 1.35. The van der Waals surface area contributed by atoms with Gasteiger partial charge in [-0.1, -0.05) is 18.2 Å². The molecule has 0 saturated carbocycles. The summed E-state index contributed by atoms with van der Waals surface area (Å²) >= 11 is 0. The van der Waals surface area contributed by atoms with Gasteiger partial charge in [-0.2, -0.15) is 5.10 Å². The minimum atomic E-state index is -3.57. The molecule has 5 aromatic rings. The molecule has 5 rings (SSSR count). The Balaban J connectivity index is 1.83. The van der Waals surface area contributed by atoms with Crippen LogP contribution in [0, 0.1) is 6.92 Å². The molecule has 33 heavy (non-hydrogen) atoms. The van der Waals surface area contributed by atoms with Gasteiger partial charge in [0.25, 0.3) is 0 Å². The molecule has 0 aliphatic carbocycles. The van der Waals surface area contributed by atoms with E-state index < -0.39 is 10.0 Å². The molecule has 0 fully saturated rings. The number of rotatable bonds is 4. The number of aromatic nitrogens is 5. The lowest BCUT2D eigenvalue weighted by molar-refractivity contribution is 0.588. The maximum absolute atomic E-state index is 13.2. The van der Waals surface area contributed by atoms with Gasteiger partial charge in [0.05, 0.1) is 39.0 Å². The molecule has 0 saturated heterocycles. The van der Waals surface area contributed by atoms with Gasteiger partial charge >= 0.3 is 5.69 Å². The van der Waals surface area contributed by atoms with E-state index in [0.29, 0.717) is 11.2 Å². The van der Waals surface area contributed by atoms with Crippen LogP contribution < -0.4 is 10.4 Å². The molecule has 0 aliphatic heterocycles. The Morgan fingerprint density at radius 1 is 1.03 bits per heavy atom. The molecule has 0 bridgehead atoms. The number of nitrogens with one attached hydrogen (secondary N) is 1. The number of hydrogen-bond donors (Lipinski definition) is 1. The molecule has 0 amide bonds. The van der Waals surface area contributed by atoms with Gasteiger partial charge in [-0.3, -0.25) is 18.8 Å². The number of nitrogens with zero attached hydrogens (tertiary/aromatic N) is 5. The second-order valence-electron chi connectivity index (χ2n) is 7.91. The summed E-state index contributed by atoms with van der Waals surface area (Å²) in [5.74, 6) is 0. The van der Waals surface area contributed by atoms with E-state index in [2.05, 4.69) is 14.8 Å². The number of fused-ring (bicyclic) bond motifs is 3. The Bertz CT molecular complexity index is 1730. The number of pyridine rings is 1. The number of hydrogen-bond acceptors (Lipinski definition) is 5. The second-order valence-corrected chi connectivity index (χ2v) is 9.80. The number of sulfonamides is 1. The molecule has 3 aromatic heterocycles. The normalized spacial score (nSPS) is 12.1. The monoisotopic (exact) mass is 462 g/mol. The Hall–Kier alpha value is -3.76. The average molecular weight is 463 g/mol. The Kier molecular flexibility index (Phi) is 4.73. The molecule has 1 N–H and O–H groups in total. The molecular formula is C23H22N6O3S. The summed E-state index contributed by atoms with van der Waals surface area (Å²) in [6.07, 6.45) is 3.51. The highest BCUT2D eigenvalue weighted by atomic mass is 32.2. The Morgan fingerprint density at radius 3 is 2.48 bits per heavy atom. The number of aryl methyl sites for hydroxylation is 3. The lowest BCUT2D eigenvalue weighted by Crippen LogP contribution is -2.21. The first kappa shape index (κ1) is 21.1. The zero-order valence-corrected chi connectivity index (χ0v) is 19.4. The van der Waals surface area contributed by atoms with Crippen LogP contribution in [-0.2, 0) is 24.1 Å². The lowest BCUT2D eigenvalue weighted by atomic mass is 10.0. The van der Waals surface area contributed by atoms with E-state index in [0.717, 1.165) is 33.2 Å². The van der Waals surface area contributed by atoms with Crippen molar-refractivity contribution in [2.45, 2.75) is 11.8 Å². The fourth-order valence-electron chi connectivity index (χ4n) is 4.17. The van der Waals surface area contributed by atoms with E-state index in [1.165, 1.54) is 7.05 Å². The third kappa shape index (κ3) is 3.26. The van der Waals surface area contributed by atoms with E-state index in [4.69, 9.17) is 0 Å². The van der Waals surface area contributed by atoms with Crippen molar-refractivity contribution in [2.24, 2.45) is 14.1 Å². The van der Waals surface area contributed by atoms with E-state index in [-0.39, 0.29) is 10.6 Å². The van der Waals surface area contributed by atoms with Crippen LogP contribution in [0.15, 0.2) is 64.5 Å². The average Bonchev–Trinajstić information content (AvgIpc) is 3.28. The van der Waals surface area contributed by atoms with Gasteiger partial charge in [-0.15, -0.1) is 0 Å². The number of benzene rings is 2. The summed E-state index contributed by atoms with van der Waals surface area (Å²) < 4.78 is 31.8. The van der Waals surface area contributed by atoms with Gasteiger partial charge in [0.15, 0.2) is 0 Å². The van der Waals surface area contributed by atoms with Gasteiger partial charge in [0.1, 0.15) is 0 Å². The van der Waals surface area contributed by atoms with Crippen LogP contribution in [0.3, 0.4) is 0 Å². The predicted octanol–water partition coefficient (Wildman–Crippen LogP) is 2.49. The standard InChI is InChI=1S/C23H22N6O3S/c1-14-21(13-27(3)26-14)29-22-18-11-16(15-6-5-7-17(10-15)33(31,32)24-2)8-9-19(18)25-12-20(22)28(4)23(29)30/h5-13,24H,1-4H3. The van der Waals surface area contributed by atoms with E-state index in [9.17, 15) is 13.2 Å². The quantitative estimate of drug-likeness (QED) is 0.442. The molecule has 0 aliphatic rings. The van der Waals surface area contributed by atoms with Crippen molar-refractivity contribution in [3.05, 3.63) is 71.0 Å². The highest BCUT2D eigenvalue weighted by Crippen LogP contribution is 2.31. The fraction of sp³-hybridized carbons (Fsp3) is 0.174. The summed E-state index contributed by atoms with van der Waals surface area (Å²) in [6.45, 7) is 1.86. The first-order valence-electron chi connectivity index (χ1n) is 10.3. The first-order valence-corrected chi connectivity index (χ1v) is 11.7. The highest BCUT2D eigenvalue weighted by molar-refractivity contribution is 7.89. The molecule has 10 heteroatoms. The third-order valence-corrected chi connectivity index (χ3v) is 7.27. The SMILES string of the molecule is CNS(=O)(=O)c1cccc(-c2ccc3ncc4c(c3c2)n(-c2cn(C)nc2C)c(=O)n4C)c1. The van der Waals surface area contributed by atoms with Crippen molar-refractivity contribution >= 4 is 32.0 Å². The van der Waals surface area contributed by atoms with Crippen molar-refractivity contribution < 1.29 is 8.42 Å². The molecule has 3 heterocycles. The molecule has 168 valence electrons. The minimum absolute atomic E-state index is 0.182. The van der Waals surface area contributed by atoms with Gasteiger partial charge in [-0.25, -0.2) is 17.9 Å². The largest absolute Gasteiger partial charge is 0.333 e. The molecule has 0 spiro atoms. The van der Waals surface area contributed by atoms with Crippen molar-refractivity contribution in [1.82, 2.24) is 28.6 Å². The van der Waals surface area contributed by atoms with E-state index >= 15 is 0 Å². The van der Waals surface area contributed by atoms with Gasteiger partial charge in [0, 0.05) is 25.7 Å². The lowest BCUT2D eigenvalue weighted by Gasteiger charge is -2.09. The zero-order valence-electron chi connectivity index (χ0n) is 18.6. The van der Waals surface area contributed by atoms with Crippen LogP contribution in [0.25, 0.3) is 38.8 Å². The van der Waals surface area contributed by atoms with Gasteiger partial charge in [0.2, 0.25) is 10.0 Å². The summed E-state index contributed by atoms with van der Waals surface area (Å²) in [5.41, 5.74) is 4.95. The maximum Gasteiger partial charge on any atom is 0.333 e. The van der Waals surface area contributed by atoms with Crippen LogP contribution >= 0.6 is 0 Å². The van der Waals surface area contributed by atoms with Crippen LogP contribution in [0.2, 0.25) is 0 Å². The van der Waals surface area contributed by atoms with Crippen molar-refractivity contribution in [2.75, 3.05) is 7.05 Å². The number of imidazole rings is 1. The fourth-order valence-corrected chi connectivity index (χ4v) is 4.94. The van der Waals surface area contributed by atoms with Gasteiger partial charge in [-0.05, 0) is 49.4 Å². The first-order chi connectivity index (χ1) is 15.7. The van der Waals surface area contributed by atoms with Crippen molar-refractivity contribution in [3.63, 3.8) is 0 Å². The topological polar surface area (TPSA) is 104 Å². The van der Waals surface area contributed by atoms with Gasteiger partial charge < -0.3 is 0 Å². The van der Waals surface area contributed by atoms with Crippen molar-refractivity contribution in [3.8, 4) is 16.8 Å². The summed E-state index contributed by atoms with van der Waals surface area (Å²) in [4.78, 5) is 18.0. The Morgan fingerprint density at radius 2 is 1.79 bits per heavy atom. The minimum Gasteiger partial charge on any atom is -0.293 e. The van der Waals surface area contributed by atoms with Crippen LogP contribution in [0.4, 0.5) is 0 Å². The summed E-state index contributed by atoms with van der Waals surface area (Å²) in [6, 6.07) is 12.5. The molecule has 2 aromatic carbocycles. The van der Waals surface area contributed by atoms with E-state index in [1.807, 2.05) is 44.4 Å². The highest BCUT2D eigenvalue weighted by Gasteiger charge is 2.19. The predicted molar refractivity (Wildman–Crippen MR) is 127 cm³/mol. The van der Waals surface area contributed by atoms with Crippen LogP contribution in [0.5, 0.6) is 0 Å². The van der Waals surface area contributed by atoms with E-state index in [1.54, 1.807) is 45.3 Å². The molecule has 0 radical (unpaired) electrons. The van der Waals surface area contributed by atoms with Crippen LogP contribution in [-0.4, -0.2) is 39.4 Å². The molecule has 0 unspecified atom stereocenters. The third-order valence-electron chi connectivity index (χ3n) is 5.86. The Labute approximate surface area is 190 Å². The summed E-state index contributed by atoms with van der Waals surface area (Å²) in [5, 5.41) is 5.18.